The zero-order valence-corrected chi connectivity index (χ0v) is 16.2. The van der Waals surface area contributed by atoms with Crippen LogP contribution in [0.15, 0.2) is 12.1 Å². The number of nitrogens with one attached hydrogen (secondary N) is 1. The number of carbonyl (C=O) groups excluding carboxylic acids is 2. The second-order valence-corrected chi connectivity index (χ2v) is 7.52. The zero-order valence-electron chi connectivity index (χ0n) is 15.4. The maximum atomic E-state index is 13.1. The number of nitrogens with zero attached hydrogens (tertiary/aromatic N) is 1. The highest BCUT2D eigenvalue weighted by Gasteiger charge is 2.49. The zero-order chi connectivity index (χ0) is 18.9. The highest BCUT2D eigenvalue weighted by atomic mass is 35.5. The minimum atomic E-state index is -0.967. The van der Waals surface area contributed by atoms with Gasteiger partial charge in [-0.25, -0.2) is 0 Å². The second-order valence-electron chi connectivity index (χ2n) is 7.12. The lowest BCUT2D eigenvalue weighted by atomic mass is 9.96. The molecule has 1 aliphatic carbocycles. The number of carbonyl (C=O) groups is 2. The summed E-state index contributed by atoms with van der Waals surface area (Å²) >= 11 is 6.28. The predicted molar refractivity (Wildman–Crippen MR) is 100 cm³/mol. The van der Waals surface area contributed by atoms with Gasteiger partial charge in [0.15, 0.2) is 0 Å². The number of hydrogen-bond acceptors (Lipinski definition) is 4. The number of rotatable bonds is 5. The van der Waals surface area contributed by atoms with Crippen LogP contribution in [-0.2, 0) is 9.59 Å². The Morgan fingerprint density at radius 2 is 1.88 bits per heavy atom. The van der Waals surface area contributed by atoms with Gasteiger partial charge in [0.1, 0.15) is 17.0 Å². The molecular weight excluding hydrogens is 356 g/mol. The Bertz CT molecular complexity index is 718. The molecule has 0 radical (unpaired) electrons. The minimum absolute atomic E-state index is 0.117. The molecule has 1 aliphatic heterocycles. The van der Waals surface area contributed by atoms with Crippen molar-refractivity contribution in [2.45, 2.75) is 57.0 Å². The molecule has 2 aliphatic rings. The van der Waals surface area contributed by atoms with Gasteiger partial charge in [-0.2, -0.15) is 0 Å². The third-order valence-electron chi connectivity index (χ3n) is 5.44. The number of methoxy groups -OCH3 is 2. The molecule has 0 spiro atoms. The lowest BCUT2D eigenvalue weighted by Crippen LogP contribution is -2.56. The molecule has 3 rings (SSSR count). The van der Waals surface area contributed by atoms with E-state index in [1.54, 1.807) is 19.1 Å². The van der Waals surface area contributed by atoms with E-state index >= 15 is 0 Å². The number of anilines is 1. The smallest absolute Gasteiger partial charge is 0.246 e. The lowest BCUT2D eigenvalue weighted by molar-refractivity contribution is -0.127. The van der Waals surface area contributed by atoms with Crippen LogP contribution in [0.25, 0.3) is 0 Å². The molecule has 26 heavy (non-hydrogen) atoms. The van der Waals surface area contributed by atoms with E-state index in [0.717, 1.165) is 25.7 Å². The molecule has 1 heterocycles. The van der Waals surface area contributed by atoms with Gasteiger partial charge in [-0.15, -0.1) is 0 Å². The van der Waals surface area contributed by atoms with Crippen LogP contribution in [0.2, 0.25) is 5.02 Å². The maximum absolute atomic E-state index is 13.1. The van der Waals surface area contributed by atoms with E-state index in [-0.39, 0.29) is 17.9 Å². The van der Waals surface area contributed by atoms with Crippen LogP contribution < -0.4 is 19.7 Å². The quantitative estimate of drug-likeness (QED) is 0.851. The van der Waals surface area contributed by atoms with Crippen molar-refractivity contribution < 1.29 is 19.1 Å². The number of halogens is 1. The van der Waals surface area contributed by atoms with Crippen molar-refractivity contribution >= 4 is 29.1 Å². The number of benzene rings is 1. The number of amides is 2. The molecule has 1 aromatic carbocycles. The molecular formula is C19H25ClN2O4. The van der Waals surface area contributed by atoms with E-state index in [2.05, 4.69) is 5.32 Å². The fraction of sp³-hybridized carbons (Fsp3) is 0.579. The predicted octanol–water partition coefficient (Wildman–Crippen LogP) is 3.30. The maximum Gasteiger partial charge on any atom is 0.246 e. The van der Waals surface area contributed by atoms with Gasteiger partial charge in [0.2, 0.25) is 11.8 Å². The first-order valence-electron chi connectivity index (χ1n) is 8.96. The molecule has 142 valence electrons. The average molecular weight is 381 g/mol. The van der Waals surface area contributed by atoms with Crippen molar-refractivity contribution in [3.8, 4) is 11.5 Å². The third-order valence-corrected chi connectivity index (χ3v) is 5.74. The summed E-state index contributed by atoms with van der Waals surface area (Å²) in [6.07, 6.45) is 5.01. The lowest BCUT2D eigenvalue weighted by Gasteiger charge is -2.35. The van der Waals surface area contributed by atoms with Gasteiger partial charge in [-0.3, -0.25) is 14.5 Å². The Hall–Kier alpha value is -1.95. The second kappa shape index (κ2) is 7.35. The van der Waals surface area contributed by atoms with Crippen LogP contribution in [0, 0.1) is 0 Å². The number of hydrogen-bond donors (Lipinski definition) is 1. The summed E-state index contributed by atoms with van der Waals surface area (Å²) in [6, 6.07) is 3.46. The Morgan fingerprint density at radius 3 is 2.50 bits per heavy atom. The first-order valence-corrected chi connectivity index (χ1v) is 9.34. The highest BCUT2D eigenvalue weighted by molar-refractivity contribution is 6.32. The Kier molecular flexibility index (Phi) is 5.32. The van der Waals surface area contributed by atoms with Gasteiger partial charge in [0.25, 0.3) is 0 Å². The summed E-state index contributed by atoms with van der Waals surface area (Å²) in [6.45, 7) is 1.81. The summed E-state index contributed by atoms with van der Waals surface area (Å²) in [5, 5.41) is 3.49. The normalized spacial score (nSPS) is 23.4. The molecule has 1 saturated carbocycles. The van der Waals surface area contributed by atoms with E-state index in [9.17, 15) is 9.59 Å². The van der Waals surface area contributed by atoms with E-state index in [0.29, 0.717) is 35.1 Å². The van der Waals surface area contributed by atoms with Gasteiger partial charge >= 0.3 is 0 Å². The third kappa shape index (κ3) is 3.22. The van der Waals surface area contributed by atoms with Crippen LogP contribution in [0.3, 0.4) is 0 Å². The molecule has 1 atom stereocenters. The van der Waals surface area contributed by atoms with Gasteiger partial charge in [0.05, 0.1) is 24.9 Å². The fourth-order valence-electron chi connectivity index (χ4n) is 3.89. The fourth-order valence-corrected chi connectivity index (χ4v) is 4.13. The van der Waals surface area contributed by atoms with Crippen molar-refractivity contribution in [3.63, 3.8) is 0 Å². The van der Waals surface area contributed by atoms with Crippen molar-refractivity contribution in [1.29, 1.82) is 0 Å². The molecule has 1 N–H and O–H groups in total. The summed E-state index contributed by atoms with van der Waals surface area (Å²) in [4.78, 5) is 27.3. The van der Waals surface area contributed by atoms with Crippen molar-refractivity contribution in [2.75, 3.05) is 19.1 Å². The van der Waals surface area contributed by atoms with Crippen molar-refractivity contribution in [3.05, 3.63) is 17.2 Å². The van der Waals surface area contributed by atoms with E-state index < -0.39 is 5.54 Å². The first kappa shape index (κ1) is 18.8. The standard InChI is InChI=1S/C19H25ClN2O4/c1-19(18(24)21-12-6-4-5-7-12)9-8-17(23)22(19)14-10-13(20)15(25-2)11-16(14)26-3/h10-12H,4-9H2,1-3H3,(H,21,24)/t19-/m0/s1. The van der Waals surface area contributed by atoms with E-state index in [1.807, 2.05) is 0 Å². The molecule has 2 fully saturated rings. The van der Waals surface area contributed by atoms with Gasteiger partial charge in [0, 0.05) is 18.5 Å². The molecule has 0 bridgehead atoms. The van der Waals surface area contributed by atoms with Crippen LogP contribution >= 0.6 is 11.6 Å². The van der Waals surface area contributed by atoms with Crippen LogP contribution in [0.1, 0.15) is 45.4 Å². The first-order chi connectivity index (χ1) is 12.4. The van der Waals surface area contributed by atoms with Gasteiger partial charge in [-0.1, -0.05) is 24.4 Å². The molecule has 1 aromatic rings. The van der Waals surface area contributed by atoms with Crippen LogP contribution in [0.5, 0.6) is 11.5 Å². The highest BCUT2D eigenvalue weighted by Crippen LogP contribution is 2.44. The summed E-state index contributed by atoms with van der Waals surface area (Å²) < 4.78 is 10.7. The van der Waals surface area contributed by atoms with Crippen molar-refractivity contribution in [1.82, 2.24) is 5.32 Å². The SMILES string of the molecule is COc1cc(OC)c(N2C(=O)CC[C@@]2(C)C(=O)NC2CCCC2)cc1Cl. The topological polar surface area (TPSA) is 67.9 Å². The van der Waals surface area contributed by atoms with E-state index in [4.69, 9.17) is 21.1 Å². The van der Waals surface area contributed by atoms with Gasteiger partial charge < -0.3 is 14.8 Å². The summed E-state index contributed by atoms with van der Waals surface area (Å²) in [5.41, 5.74) is -0.477. The van der Waals surface area contributed by atoms with E-state index in [1.165, 1.54) is 19.1 Å². The Morgan fingerprint density at radius 1 is 1.23 bits per heavy atom. The molecule has 7 heteroatoms. The van der Waals surface area contributed by atoms with Crippen LogP contribution in [-0.4, -0.2) is 37.6 Å². The Balaban J connectivity index is 1.97. The number of ether oxygens (including phenoxy) is 2. The molecule has 2 amide bonds. The monoisotopic (exact) mass is 380 g/mol. The minimum Gasteiger partial charge on any atom is -0.495 e. The summed E-state index contributed by atoms with van der Waals surface area (Å²) in [5.74, 6) is 0.662. The molecule has 1 saturated heterocycles. The molecule has 6 nitrogen and oxygen atoms in total. The Labute approximate surface area is 158 Å². The van der Waals surface area contributed by atoms with Crippen LogP contribution in [0.4, 0.5) is 5.69 Å². The van der Waals surface area contributed by atoms with Crippen molar-refractivity contribution in [2.24, 2.45) is 0 Å². The average Bonchev–Trinajstić information content (AvgIpc) is 3.23. The molecule has 0 aromatic heterocycles. The largest absolute Gasteiger partial charge is 0.495 e. The van der Waals surface area contributed by atoms with Gasteiger partial charge in [-0.05, 0) is 32.3 Å². The summed E-state index contributed by atoms with van der Waals surface area (Å²) in [7, 11) is 3.03. The molecule has 0 unspecified atom stereocenters.